The molecule has 0 spiro atoms. The molecule has 1 saturated heterocycles. The zero-order chi connectivity index (χ0) is 13.1. The maximum atomic E-state index is 6.20. The van der Waals surface area contributed by atoms with E-state index in [0.29, 0.717) is 0 Å². The Kier molecular flexibility index (Phi) is 2.22. The molecular weight excluding hydrogens is 222 g/mol. The fraction of sp³-hybridized carbons (Fsp3) is 0.500. The average Bonchev–Trinajstić information content (AvgIpc) is 2.59. The zero-order valence-electron chi connectivity index (χ0n) is 11.9. The molecule has 2 nitrogen and oxygen atoms in total. The Hall–Kier alpha value is -1.28. The van der Waals surface area contributed by atoms with Crippen molar-refractivity contribution in [2.24, 2.45) is 0 Å². The summed E-state index contributed by atoms with van der Waals surface area (Å²) >= 11 is 0. The van der Waals surface area contributed by atoms with Crippen LogP contribution in [-0.2, 0) is 10.5 Å². The van der Waals surface area contributed by atoms with Crippen molar-refractivity contribution < 1.29 is 4.74 Å². The van der Waals surface area contributed by atoms with Gasteiger partial charge in [0.2, 0.25) is 0 Å². The van der Waals surface area contributed by atoms with Crippen molar-refractivity contribution in [1.29, 1.82) is 0 Å². The van der Waals surface area contributed by atoms with Crippen LogP contribution in [0.25, 0.3) is 5.57 Å². The van der Waals surface area contributed by atoms with Crippen LogP contribution in [0.2, 0.25) is 0 Å². The second-order valence-electron chi connectivity index (χ2n) is 6.18. The fourth-order valence-corrected chi connectivity index (χ4v) is 3.57. The second kappa shape index (κ2) is 3.39. The van der Waals surface area contributed by atoms with Gasteiger partial charge in [0.25, 0.3) is 0 Å². The zero-order valence-corrected chi connectivity index (χ0v) is 11.9. The Bertz CT molecular complexity index is 544. The van der Waals surface area contributed by atoms with E-state index in [1.807, 2.05) is 0 Å². The van der Waals surface area contributed by atoms with Gasteiger partial charge in [0.15, 0.2) is 5.72 Å². The molecule has 0 radical (unpaired) electrons. The molecule has 2 aliphatic heterocycles. The van der Waals surface area contributed by atoms with E-state index >= 15 is 0 Å². The standard InChI is InChI=1S/C16H21NO/c1-11-12(2)17-15(3,4)10-18-16(17,5)14-9-7-6-8-13(11)14/h6-9H,10H2,1-5H3. The van der Waals surface area contributed by atoms with Gasteiger partial charge in [0, 0.05) is 11.3 Å². The van der Waals surface area contributed by atoms with Crippen molar-refractivity contribution in [2.75, 3.05) is 6.61 Å². The molecule has 1 aromatic rings. The van der Waals surface area contributed by atoms with Crippen LogP contribution in [0, 0.1) is 0 Å². The van der Waals surface area contributed by atoms with E-state index in [4.69, 9.17) is 4.74 Å². The van der Waals surface area contributed by atoms with Gasteiger partial charge in [0.05, 0.1) is 12.1 Å². The number of ether oxygens (including phenoxy) is 1. The molecule has 2 aliphatic rings. The van der Waals surface area contributed by atoms with Gasteiger partial charge < -0.3 is 9.64 Å². The fourth-order valence-electron chi connectivity index (χ4n) is 3.57. The molecule has 96 valence electrons. The highest BCUT2D eigenvalue weighted by Gasteiger charge is 2.52. The van der Waals surface area contributed by atoms with Crippen LogP contribution in [0.5, 0.6) is 0 Å². The molecule has 0 amide bonds. The van der Waals surface area contributed by atoms with Crippen molar-refractivity contribution in [3.05, 3.63) is 41.1 Å². The third kappa shape index (κ3) is 1.27. The summed E-state index contributed by atoms with van der Waals surface area (Å²) in [5.41, 5.74) is 5.04. The summed E-state index contributed by atoms with van der Waals surface area (Å²) in [5.74, 6) is 0. The molecule has 2 heteroatoms. The number of rotatable bonds is 0. The van der Waals surface area contributed by atoms with Crippen LogP contribution >= 0.6 is 0 Å². The summed E-state index contributed by atoms with van der Waals surface area (Å²) in [6, 6.07) is 8.60. The number of hydrogen-bond donors (Lipinski definition) is 0. The summed E-state index contributed by atoms with van der Waals surface area (Å²) in [5, 5.41) is 0. The molecular formula is C16H21NO. The monoisotopic (exact) mass is 243 g/mol. The van der Waals surface area contributed by atoms with Gasteiger partial charge >= 0.3 is 0 Å². The highest BCUT2D eigenvalue weighted by molar-refractivity contribution is 5.72. The normalized spacial score (nSPS) is 29.3. The first-order valence-electron chi connectivity index (χ1n) is 6.59. The smallest absolute Gasteiger partial charge is 0.165 e. The minimum Gasteiger partial charge on any atom is -0.349 e. The molecule has 1 fully saturated rings. The van der Waals surface area contributed by atoms with Gasteiger partial charge in [0.1, 0.15) is 0 Å². The van der Waals surface area contributed by atoms with Gasteiger partial charge in [-0.3, -0.25) is 0 Å². The lowest BCUT2D eigenvalue weighted by molar-refractivity contribution is -0.0655. The van der Waals surface area contributed by atoms with Crippen molar-refractivity contribution in [3.63, 3.8) is 0 Å². The minimum absolute atomic E-state index is 0.0492. The molecule has 1 atom stereocenters. The van der Waals surface area contributed by atoms with E-state index in [-0.39, 0.29) is 11.3 Å². The summed E-state index contributed by atoms with van der Waals surface area (Å²) in [7, 11) is 0. The summed E-state index contributed by atoms with van der Waals surface area (Å²) < 4.78 is 6.20. The Morgan fingerprint density at radius 3 is 2.50 bits per heavy atom. The Morgan fingerprint density at radius 2 is 1.78 bits per heavy atom. The van der Waals surface area contributed by atoms with Crippen molar-refractivity contribution in [2.45, 2.75) is 45.9 Å². The van der Waals surface area contributed by atoms with Crippen molar-refractivity contribution in [3.8, 4) is 0 Å². The van der Waals surface area contributed by atoms with Gasteiger partial charge in [-0.25, -0.2) is 0 Å². The Balaban J connectivity index is 2.31. The van der Waals surface area contributed by atoms with E-state index < -0.39 is 0 Å². The Morgan fingerprint density at radius 1 is 1.11 bits per heavy atom. The third-order valence-electron chi connectivity index (χ3n) is 4.45. The molecule has 0 saturated carbocycles. The van der Waals surface area contributed by atoms with E-state index in [0.717, 1.165) is 6.61 Å². The van der Waals surface area contributed by atoms with Crippen LogP contribution in [0.1, 0.15) is 45.7 Å². The van der Waals surface area contributed by atoms with Gasteiger partial charge in [-0.1, -0.05) is 24.3 Å². The number of fused-ring (bicyclic) bond motifs is 3. The number of hydrogen-bond acceptors (Lipinski definition) is 2. The average molecular weight is 243 g/mol. The molecule has 0 N–H and O–H groups in total. The maximum Gasteiger partial charge on any atom is 0.165 e. The maximum absolute atomic E-state index is 6.20. The van der Waals surface area contributed by atoms with Crippen LogP contribution < -0.4 is 0 Å². The van der Waals surface area contributed by atoms with Crippen LogP contribution in [0.4, 0.5) is 0 Å². The van der Waals surface area contributed by atoms with Crippen molar-refractivity contribution >= 4 is 5.57 Å². The quantitative estimate of drug-likeness (QED) is 0.688. The van der Waals surface area contributed by atoms with Gasteiger partial charge in [-0.2, -0.15) is 0 Å². The second-order valence-corrected chi connectivity index (χ2v) is 6.18. The minimum atomic E-state index is -0.316. The first-order chi connectivity index (χ1) is 8.38. The largest absolute Gasteiger partial charge is 0.349 e. The van der Waals surface area contributed by atoms with E-state index in [1.165, 1.54) is 22.4 Å². The summed E-state index contributed by atoms with van der Waals surface area (Å²) in [6.45, 7) is 11.9. The Labute approximate surface area is 109 Å². The van der Waals surface area contributed by atoms with E-state index in [9.17, 15) is 0 Å². The third-order valence-corrected chi connectivity index (χ3v) is 4.45. The molecule has 1 unspecified atom stereocenters. The molecule has 2 heterocycles. The molecule has 1 aromatic carbocycles. The van der Waals surface area contributed by atoms with Crippen LogP contribution in [0.3, 0.4) is 0 Å². The summed E-state index contributed by atoms with van der Waals surface area (Å²) in [4.78, 5) is 2.44. The first kappa shape index (κ1) is 11.8. The van der Waals surface area contributed by atoms with Gasteiger partial charge in [-0.15, -0.1) is 0 Å². The van der Waals surface area contributed by atoms with Crippen LogP contribution in [-0.4, -0.2) is 17.0 Å². The SMILES string of the molecule is CC1=C(C)N2C(C)(C)COC2(C)c2ccccc21. The van der Waals surface area contributed by atoms with E-state index in [1.54, 1.807) is 0 Å². The predicted molar refractivity (Wildman–Crippen MR) is 73.9 cm³/mol. The summed E-state index contributed by atoms with van der Waals surface area (Å²) in [6.07, 6.45) is 0. The lowest BCUT2D eigenvalue weighted by Gasteiger charge is -2.47. The highest BCUT2D eigenvalue weighted by atomic mass is 16.5. The predicted octanol–water partition coefficient (Wildman–Crippen LogP) is 3.73. The van der Waals surface area contributed by atoms with E-state index in [2.05, 4.69) is 63.8 Å². The molecule has 18 heavy (non-hydrogen) atoms. The lowest BCUT2D eigenvalue weighted by atomic mass is 9.85. The molecule has 0 bridgehead atoms. The molecule has 0 aliphatic carbocycles. The number of benzene rings is 1. The number of nitrogens with zero attached hydrogens (tertiary/aromatic N) is 1. The first-order valence-corrected chi connectivity index (χ1v) is 6.59. The molecule has 0 aromatic heterocycles. The lowest BCUT2D eigenvalue weighted by Crippen LogP contribution is -2.49. The molecule has 3 rings (SSSR count). The number of allylic oxidation sites excluding steroid dienone is 2. The van der Waals surface area contributed by atoms with Gasteiger partial charge in [-0.05, 0) is 45.8 Å². The topological polar surface area (TPSA) is 12.5 Å². The van der Waals surface area contributed by atoms with Crippen LogP contribution in [0.15, 0.2) is 30.0 Å². The van der Waals surface area contributed by atoms with Crippen molar-refractivity contribution in [1.82, 2.24) is 4.90 Å². The highest BCUT2D eigenvalue weighted by Crippen LogP contribution is 2.50.